The summed E-state index contributed by atoms with van der Waals surface area (Å²) in [6.07, 6.45) is 0.903. The predicted octanol–water partition coefficient (Wildman–Crippen LogP) is 1.49. The van der Waals surface area contributed by atoms with Gasteiger partial charge in [0.1, 0.15) is 11.9 Å². The third-order valence-corrected chi connectivity index (χ3v) is 3.35. The molecule has 1 saturated heterocycles. The molecule has 1 aliphatic rings. The first-order valence-corrected chi connectivity index (χ1v) is 6.87. The van der Waals surface area contributed by atoms with Crippen LogP contribution in [0.25, 0.3) is 0 Å². The first kappa shape index (κ1) is 13.9. The van der Waals surface area contributed by atoms with Crippen LogP contribution < -0.4 is 15.4 Å². The molecule has 0 saturated carbocycles. The molecule has 1 amide bonds. The Morgan fingerprint density at radius 3 is 2.84 bits per heavy atom. The Morgan fingerprint density at radius 1 is 1.47 bits per heavy atom. The van der Waals surface area contributed by atoms with Crippen molar-refractivity contribution in [1.82, 2.24) is 10.6 Å². The van der Waals surface area contributed by atoms with Crippen LogP contribution in [0.3, 0.4) is 0 Å². The summed E-state index contributed by atoms with van der Waals surface area (Å²) in [6.45, 7) is 6.28. The lowest BCUT2D eigenvalue weighted by Crippen LogP contribution is -2.38. The average Bonchev–Trinajstić information content (AvgIpc) is 2.93. The smallest absolute Gasteiger partial charge is 0.224 e. The Bertz CT molecular complexity index is 411. The Labute approximate surface area is 114 Å². The Hall–Kier alpha value is -1.55. The van der Waals surface area contributed by atoms with Crippen LogP contribution in [0, 0.1) is 12.8 Å². The molecule has 104 valence electrons. The highest BCUT2D eigenvalue weighted by Gasteiger charge is 2.22. The molecule has 0 radical (unpaired) electrons. The Kier molecular flexibility index (Phi) is 4.80. The highest BCUT2D eigenvalue weighted by atomic mass is 16.5. The molecule has 0 aliphatic carbocycles. The summed E-state index contributed by atoms with van der Waals surface area (Å²) in [5.74, 6) is 1.09. The molecule has 0 aromatic heterocycles. The number of ether oxygens (including phenoxy) is 1. The molecule has 1 fully saturated rings. The molecule has 19 heavy (non-hydrogen) atoms. The van der Waals surface area contributed by atoms with Gasteiger partial charge in [-0.05, 0) is 38.9 Å². The van der Waals surface area contributed by atoms with Crippen molar-refractivity contribution in [3.05, 3.63) is 29.8 Å². The average molecular weight is 262 g/mol. The number of amides is 1. The highest BCUT2D eigenvalue weighted by molar-refractivity contribution is 5.79. The van der Waals surface area contributed by atoms with E-state index in [1.807, 2.05) is 38.1 Å². The standard InChI is InChI=1S/C15H22N2O2/c1-11-3-5-14(6-4-11)19-12(2)9-17-15(18)13-7-8-16-10-13/h3-6,12-13,16H,7-10H2,1-2H3,(H,17,18). The van der Waals surface area contributed by atoms with Gasteiger partial charge in [0.25, 0.3) is 0 Å². The fourth-order valence-electron chi connectivity index (χ4n) is 2.16. The molecule has 1 aromatic carbocycles. The van der Waals surface area contributed by atoms with Crippen molar-refractivity contribution >= 4 is 5.91 Å². The maximum Gasteiger partial charge on any atom is 0.224 e. The van der Waals surface area contributed by atoms with Gasteiger partial charge in [-0.15, -0.1) is 0 Å². The van der Waals surface area contributed by atoms with Crippen molar-refractivity contribution in [3.63, 3.8) is 0 Å². The monoisotopic (exact) mass is 262 g/mol. The summed E-state index contributed by atoms with van der Waals surface area (Å²) < 4.78 is 5.75. The maximum absolute atomic E-state index is 11.8. The first-order chi connectivity index (χ1) is 9.15. The Balaban J connectivity index is 1.73. The van der Waals surface area contributed by atoms with E-state index in [0.717, 1.165) is 25.3 Å². The number of rotatable bonds is 5. The molecule has 2 rings (SSSR count). The van der Waals surface area contributed by atoms with Gasteiger partial charge in [-0.1, -0.05) is 17.7 Å². The fraction of sp³-hybridized carbons (Fsp3) is 0.533. The molecule has 0 bridgehead atoms. The summed E-state index contributed by atoms with van der Waals surface area (Å²) >= 11 is 0. The normalized spacial score (nSPS) is 20.0. The van der Waals surface area contributed by atoms with Gasteiger partial charge in [0, 0.05) is 6.54 Å². The number of carbonyl (C=O) groups excluding carboxylic acids is 1. The fourth-order valence-corrected chi connectivity index (χ4v) is 2.16. The van der Waals surface area contributed by atoms with E-state index in [0.29, 0.717) is 6.54 Å². The summed E-state index contributed by atoms with van der Waals surface area (Å²) in [4.78, 5) is 11.8. The molecule has 1 aliphatic heterocycles. The van der Waals surface area contributed by atoms with Gasteiger partial charge in [-0.25, -0.2) is 0 Å². The Morgan fingerprint density at radius 2 is 2.21 bits per heavy atom. The number of nitrogens with one attached hydrogen (secondary N) is 2. The summed E-state index contributed by atoms with van der Waals surface area (Å²) in [5, 5.41) is 6.15. The van der Waals surface area contributed by atoms with Gasteiger partial charge in [-0.3, -0.25) is 4.79 Å². The minimum absolute atomic E-state index is 0.0268. The third-order valence-electron chi connectivity index (χ3n) is 3.35. The van der Waals surface area contributed by atoms with E-state index in [9.17, 15) is 4.79 Å². The van der Waals surface area contributed by atoms with E-state index in [4.69, 9.17) is 4.74 Å². The molecular formula is C15H22N2O2. The maximum atomic E-state index is 11.8. The van der Waals surface area contributed by atoms with Crippen LogP contribution in [0.4, 0.5) is 0 Å². The zero-order valence-corrected chi connectivity index (χ0v) is 11.6. The second-order valence-electron chi connectivity index (χ2n) is 5.18. The molecule has 1 heterocycles. The van der Waals surface area contributed by atoms with Crippen molar-refractivity contribution in [2.45, 2.75) is 26.4 Å². The van der Waals surface area contributed by atoms with Crippen molar-refractivity contribution in [1.29, 1.82) is 0 Å². The molecule has 0 spiro atoms. The zero-order valence-electron chi connectivity index (χ0n) is 11.6. The van der Waals surface area contributed by atoms with Gasteiger partial charge < -0.3 is 15.4 Å². The molecule has 2 N–H and O–H groups in total. The lowest BCUT2D eigenvalue weighted by Gasteiger charge is -2.17. The second kappa shape index (κ2) is 6.57. The van der Waals surface area contributed by atoms with Crippen LogP contribution in [-0.2, 0) is 4.79 Å². The summed E-state index contributed by atoms with van der Waals surface area (Å²) in [5.41, 5.74) is 1.21. The number of carbonyl (C=O) groups is 1. The summed E-state index contributed by atoms with van der Waals surface area (Å²) in [7, 11) is 0. The van der Waals surface area contributed by atoms with E-state index in [1.54, 1.807) is 0 Å². The number of aryl methyl sites for hydroxylation is 1. The van der Waals surface area contributed by atoms with Gasteiger partial charge in [0.15, 0.2) is 0 Å². The zero-order chi connectivity index (χ0) is 13.7. The van der Waals surface area contributed by atoms with Crippen LogP contribution >= 0.6 is 0 Å². The predicted molar refractivity (Wildman–Crippen MR) is 75.3 cm³/mol. The molecule has 1 aromatic rings. The molecule has 2 unspecified atom stereocenters. The lowest BCUT2D eigenvalue weighted by atomic mass is 10.1. The number of hydrogen-bond acceptors (Lipinski definition) is 3. The largest absolute Gasteiger partial charge is 0.489 e. The van der Waals surface area contributed by atoms with Crippen LogP contribution in [0.1, 0.15) is 18.9 Å². The molecule has 4 nitrogen and oxygen atoms in total. The van der Waals surface area contributed by atoms with Gasteiger partial charge in [0.2, 0.25) is 5.91 Å². The van der Waals surface area contributed by atoms with Gasteiger partial charge >= 0.3 is 0 Å². The lowest BCUT2D eigenvalue weighted by molar-refractivity contribution is -0.124. The number of hydrogen-bond donors (Lipinski definition) is 2. The summed E-state index contributed by atoms with van der Waals surface area (Å²) in [6, 6.07) is 7.94. The first-order valence-electron chi connectivity index (χ1n) is 6.87. The van der Waals surface area contributed by atoms with Crippen molar-refractivity contribution in [2.75, 3.05) is 19.6 Å². The van der Waals surface area contributed by atoms with E-state index >= 15 is 0 Å². The second-order valence-corrected chi connectivity index (χ2v) is 5.18. The van der Waals surface area contributed by atoms with Gasteiger partial charge in [0.05, 0.1) is 12.5 Å². The highest BCUT2D eigenvalue weighted by Crippen LogP contribution is 2.13. The molecule has 2 atom stereocenters. The van der Waals surface area contributed by atoms with E-state index in [1.165, 1.54) is 5.56 Å². The SMILES string of the molecule is Cc1ccc(OC(C)CNC(=O)C2CCNC2)cc1. The van der Waals surface area contributed by atoms with Crippen molar-refractivity contribution in [2.24, 2.45) is 5.92 Å². The van der Waals surface area contributed by atoms with Crippen LogP contribution in [-0.4, -0.2) is 31.6 Å². The van der Waals surface area contributed by atoms with Crippen LogP contribution in [0.5, 0.6) is 5.75 Å². The minimum Gasteiger partial charge on any atom is -0.489 e. The van der Waals surface area contributed by atoms with E-state index < -0.39 is 0 Å². The van der Waals surface area contributed by atoms with Crippen LogP contribution in [0.2, 0.25) is 0 Å². The molecular weight excluding hydrogens is 240 g/mol. The molecule has 4 heteroatoms. The van der Waals surface area contributed by atoms with Gasteiger partial charge in [-0.2, -0.15) is 0 Å². The third kappa shape index (κ3) is 4.24. The van der Waals surface area contributed by atoms with Crippen molar-refractivity contribution < 1.29 is 9.53 Å². The minimum atomic E-state index is -0.0268. The quantitative estimate of drug-likeness (QED) is 0.845. The number of benzene rings is 1. The topological polar surface area (TPSA) is 50.4 Å². The van der Waals surface area contributed by atoms with E-state index in [2.05, 4.69) is 10.6 Å². The van der Waals surface area contributed by atoms with E-state index in [-0.39, 0.29) is 17.9 Å². The van der Waals surface area contributed by atoms with Crippen molar-refractivity contribution in [3.8, 4) is 5.75 Å². The van der Waals surface area contributed by atoms with Crippen LogP contribution in [0.15, 0.2) is 24.3 Å².